The second kappa shape index (κ2) is 8.79. The average Bonchev–Trinajstić information content (AvgIpc) is 2.43. The number of unbranched alkanes of at least 4 members (excludes halogenated alkanes) is 1. The highest BCUT2D eigenvalue weighted by molar-refractivity contribution is 5.82. The lowest BCUT2D eigenvalue weighted by atomic mass is 9.95. The number of piperidine rings is 1. The maximum atomic E-state index is 12.1. The zero-order valence-corrected chi connectivity index (χ0v) is 12.2. The fraction of sp³-hybridized carbons (Fsp3) is 0.857. The van der Waals surface area contributed by atoms with Crippen LogP contribution in [0, 0.1) is 5.92 Å². The zero-order valence-electron chi connectivity index (χ0n) is 12.2. The number of hydrogen-bond donors (Lipinski definition) is 3. The average molecular weight is 286 g/mol. The van der Waals surface area contributed by atoms with Gasteiger partial charge in [0.1, 0.15) is 6.04 Å². The minimum Gasteiger partial charge on any atom is -0.480 e. The lowest BCUT2D eigenvalue weighted by molar-refractivity contribution is -0.139. The Morgan fingerprint density at radius 2 is 2.20 bits per heavy atom. The minimum atomic E-state index is -0.976. The first kappa shape index (κ1) is 16.8. The molecule has 1 fully saturated rings. The van der Waals surface area contributed by atoms with Gasteiger partial charge in [-0.15, -0.1) is 0 Å². The third kappa shape index (κ3) is 5.36. The molecule has 0 aromatic heterocycles. The molecule has 1 aliphatic rings. The van der Waals surface area contributed by atoms with Crippen LogP contribution in [0.1, 0.15) is 45.4 Å². The number of amides is 2. The Balaban J connectivity index is 2.48. The Labute approximate surface area is 120 Å². The molecule has 3 N–H and O–H groups in total. The Hall–Kier alpha value is -1.30. The smallest absolute Gasteiger partial charge is 0.326 e. The fourth-order valence-electron chi connectivity index (χ4n) is 2.57. The van der Waals surface area contributed by atoms with Crippen molar-refractivity contribution in [2.75, 3.05) is 19.7 Å². The quantitative estimate of drug-likeness (QED) is 0.660. The SMILES string of the molecule is CCCCC(NC(=O)N1CCCC(CCO)C1)C(=O)O. The molecule has 0 aromatic carbocycles. The van der Waals surface area contributed by atoms with Crippen molar-refractivity contribution in [2.24, 2.45) is 5.92 Å². The number of carboxylic acid groups (broad SMARTS) is 1. The summed E-state index contributed by atoms with van der Waals surface area (Å²) < 4.78 is 0. The molecule has 6 heteroatoms. The summed E-state index contributed by atoms with van der Waals surface area (Å²) in [5.74, 6) is -0.658. The van der Waals surface area contributed by atoms with Crippen molar-refractivity contribution in [3.63, 3.8) is 0 Å². The van der Waals surface area contributed by atoms with Gasteiger partial charge >= 0.3 is 12.0 Å². The van der Waals surface area contributed by atoms with Crippen LogP contribution < -0.4 is 5.32 Å². The molecule has 1 rings (SSSR count). The van der Waals surface area contributed by atoms with Crippen molar-refractivity contribution in [3.05, 3.63) is 0 Å². The van der Waals surface area contributed by atoms with Crippen molar-refractivity contribution in [1.29, 1.82) is 0 Å². The Morgan fingerprint density at radius 1 is 1.45 bits per heavy atom. The standard InChI is InChI=1S/C14H26N2O4/c1-2-3-6-12(13(18)19)15-14(20)16-8-4-5-11(10-16)7-9-17/h11-12,17H,2-10H2,1H3,(H,15,20)(H,18,19). The molecule has 116 valence electrons. The van der Waals surface area contributed by atoms with Gasteiger partial charge in [-0.1, -0.05) is 19.8 Å². The molecule has 0 aliphatic carbocycles. The molecule has 2 atom stereocenters. The number of urea groups is 1. The third-order valence-corrected chi connectivity index (χ3v) is 3.79. The van der Waals surface area contributed by atoms with Crippen LogP contribution in [0.3, 0.4) is 0 Å². The van der Waals surface area contributed by atoms with Crippen LogP contribution >= 0.6 is 0 Å². The van der Waals surface area contributed by atoms with E-state index in [-0.39, 0.29) is 12.6 Å². The van der Waals surface area contributed by atoms with Crippen LogP contribution in [0.15, 0.2) is 0 Å². The zero-order chi connectivity index (χ0) is 15.0. The van der Waals surface area contributed by atoms with Crippen molar-refractivity contribution in [1.82, 2.24) is 10.2 Å². The highest BCUT2D eigenvalue weighted by Crippen LogP contribution is 2.19. The molecule has 0 aromatic rings. The number of carboxylic acids is 1. The highest BCUT2D eigenvalue weighted by atomic mass is 16.4. The predicted octanol–water partition coefficient (Wildman–Crippen LogP) is 1.43. The first-order valence-corrected chi connectivity index (χ1v) is 7.47. The van der Waals surface area contributed by atoms with Gasteiger partial charge in [0.15, 0.2) is 0 Å². The first-order valence-electron chi connectivity index (χ1n) is 7.47. The van der Waals surface area contributed by atoms with Crippen molar-refractivity contribution in [3.8, 4) is 0 Å². The number of aliphatic hydroxyl groups excluding tert-OH is 1. The highest BCUT2D eigenvalue weighted by Gasteiger charge is 2.26. The number of carbonyl (C=O) groups is 2. The lowest BCUT2D eigenvalue weighted by Gasteiger charge is -2.33. The maximum absolute atomic E-state index is 12.1. The van der Waals surface area contributed by atoms with Crippen LogP contribution in [0.2, 0.25) is 0 Å². The van der Waals surface area contributed by atoms with Crippen LogP contribution in [0.4, 0.5) is 4.79 Å². The van der Waals surface area contributed by atoms with E-state index in [2.05, 4.69) is 5.32 Å². The van der Waals surface area contributed by atoms with Crippen LogP contribution in [-0.4, -0.2) is 52.9 Å². The van der Waals surface area contributed by atoms with E-state index in [1.54, 1.807) is 4.90 Å². The molecule has 1 saturated heterocycles. The van der Waals surface area contributed by atoms with E-state index in [0.29, 0.717) is 31.8 Å². The van der Waals surface area contributed by atoms with E-state index in [1.165, 1.54) is 0 Å². The van der Waals surface area contributed by atoms with E-state index >= 15 is 0 Å². The summed E-state index contributed by atoms with van der Waals surface area (Å²) in [6.07, 6.45) is 4.77. The number of aliphatic carboxylic acids is 1. The number of aliphatic hydroxyl groups is 1. The summed E-state index contributed by atoms with van der Waals surface area (Å²) in [6, 6.07) is -1.10. The molecule has 6 nitrogen and oxygen atoms in total. The topological polar surface area (TPSA) is 89.9 Å². The van der Waals surface area contributed by atoms with E-state index in [0.717, 1.165) is 25.7 Å². The second-order valence-corrected chi connectivity index (χ2v) is 5.45. The molecule has 0 saturated carbocycles. The van der Waals surface area contributed by atoms with Crippen molar-refractivity contribution in [2.45, 2.75) is 51.5 Å². The summed E-state index contributed by atoms with van der Waals surface area (Å²) in [7, 11) is 0. The first-order chi connectivity index (χ1) is 9.58. The summed E-state index contributed by atoms with van der Waals surface area (Å²) in [5, 5.41) is 20.7. The maximum Gasteiger partial charge on any atom is 0.326 e. The summed E-state index contributed by atoms with van der Waals surface area (Å²) in [6.45, 7) is 3.39. The lowest BCUT2D eigenvalue weighted by Crippen LogP contribution is -2.50. The number of likely N-dealkylation sites (tertiary alicyclic amines) is 1. The van der Waals surface area contributed by atoms with Crippen LogP contribution in [0.5, 0.6) is 0 Å². The molecular formula is C14H26N2O4. The van der Waals surface area contributed by atoms with Gasteiger partial charge in [-0.3, -0.25) is 0 Å². The van der Waals surface area contributed by atoms with Gasteiger partial charge in [0.2, 0.25) is 0 Å². The molecule has 1 heterocycles. The number of nitrogens with one attached hydrogen (secondary N) is 1. The van der Waals surface area contributed by atoms with Gasteiger partial charge in [0.25, 0.3) is 0 Å². The fourth-order valence-corrected chi connectivity index (χ4v) is 2.57. The molecule has 0 spiro atoms. The molecule has 0 bridgehead atoms. The van der Waals surface area contributed by atoms with Crippen LogP contribution in [-0.2, 0) is 4.79 Å². The largest absolute Gasteiger partial charge is 0.480 e. The molecule has 2 unspecified atom stereocenters. The van der Waals surface area contributed by atoms with E-state index in [1.807, 2.05) is 6.92 Å². The van der Waals surface area contributed by atoms with Gasteiger partial charge in [0, 0.05) is 19.7 Å². The molecule has 2 amide bonds. The predicted molar refractivity (Wildman–Crippen MR) is 75.5 cm³/mol. The van der Waals surface area contributed by atoms with Crippen molar-refractivity contribution >= 4 is 12.0 Å². The van der Waals surface area contributed by atoms with E-state index in [9.17, 15) is 9.59 Å². The third-order valence-electron chi connectivity index (χ3n) is 3.79. The number of rotatable bonds is 7. The number of nitrogens with zero attached hydrogens (tertiary/aromatic N) is 1. The number of carbonyl (C=O) groups excluding carboxylic acids is 1. The minimum absolute atomic E-state index is 0.133. The summed E-state index contributed by atoms with van der Waals surface area (Å²) in [4.78, 5) is 24.9. The molecule has 1 aliphatic heterocycles. The summed E-state index contributed by atoms with van der Waals surface area (Å²) >= 11 is 0. The summed E-state index contributed by atoms with van der Waals surface area (Å²) in [5.41, 5.74) is 0. The molecule has 0 radical (unpaired) electrons. The van der Waals surface area contributed by atoms with Gasteiger partial charge in [-0.2, -0.15) is 0 Å². The Morgan fingerprint density at radius 3 is 2.80 bits per heavy atom. The second-order valence-electron chi connectivity index (χ2n) is 5.45. The normalized spacial score (nSPS) is 20.5. The van der Waals surface area contributed by atoms with E-state index in [4.69, 9.17) is 10.2 Å². The van der Waals surface area contributed by atoms with Gasteiger partial charge in [-0.25, -0.2) is 9.59 Å². The van der Waals surface area contributed by atoms with Gasteiger partial charge in [-0.05, 0) is 31.6 Å². The molecular weight excluding hydrogens is 260 g/mol. The van der Waals surface area contributed by atoms with E-state index < -0.39 is 12.0 Å². The molecule has 20 heavy (non-hydrogen) atoms. The van der Waals surface area contributed by atoms with Crippen LogP contribution in [0.25, 0.3) is 0 Å². The van der Waals surface area contributed by atoms with Crippen molar-refractivity contribution < 1.29 is 19.8 Å². The Kier molecular flexibility index (Phi) is 7.36. The van der Waals surface area contributed by atoms with Gasteiger partial charge in [0.05, 0.1) is 0 Å². The Bertz CT molecular complexity index is 320. The number of hydrogen-bond acceptors (Lipinski definition) is 3. The monoisotopic (exact) mass is 286 g/mol. The van der Waals surface area contributed by atoms with Gasteiger partial charge < -0.3 is 20.4 Å².